The molecule has 1 rings (SSSR count). The van der Waals surface area contributed by atoms with E-state index in [-0.39, 0.29) is 0 Å². The molecule has 86 valence electrons. The van der Waals surface area contributed by atoms with Gasteiger partial charge in [-0.25, -0.2) is 0 Å². The maximum absolute atomic E-state index is 6.12. The van der Waals surface area contributed by atoms with Crippen LogP contribution >= 0.6 is 27.5 Å². The molecule has 0 atom stereocenters. The fourth-order valence-electron chi connectivity index (χ4n) is 1.42. The van der Waals surface area contributed by atoms with Crippen LogP contribution in [0.5, 0.6) is 0 Å². The Kier molecular flexibility index (Phi) is 5.64. The largest absolute Gasteiger partial charge is 0.311 e. The van der Waals surface area contributed by atoms with Crippen molar-refractivity contribution >= 4 is 27.5 Å². The van der Waals surface area contributed by atoms with E-state index >= 15 is 0 Å². The van der Waals surface area contributed by atoms with Gasteiger partial charge in [-0.3, -0.25) is 4.68 Å². The number of rotatable bonds is 6. The lowest BCUT2D eigenvalue weighted by molar-refractivity contribution is 0.603. The van der Waals surface area contributed by atoms with Crippen LogP contribution in [0.1, 0.15) is 24.2 Å². The van der Waals surface area contributed by atoms with Crippen LogP contribution < -0.4 is 5.32 Å². The first-order valence-electron chi connectivity index (χ1n) is 5.11. The molecule has 0 aliphatic rings. The number of hydrogen-bond acceptors (Lipinski definition) is 2. The highest BCUT2D eigenvalue weighted by Crippen LogP contribution is 2.18. The Morgan fingerprint density at radius 2 is 2.20 bits per heavy atom. The van der Waals surface area contributed by atoms with Crippen LogP contribution in [0.25, 0.3) is 0 Å². The zero-order valence-corrected chi connectivity index (χ0v) is 11.5. The molecule has 15 heavy (non-hydrogen) atoms. The highest BCUT2D eigenvalue weighted by atomic mass is 79.9. The minimum absolute atomic E-state index is 0.783. The number of alkyl halides is 1. The van der Waals surface area contributed by atoms with E-state index in [9.17, 15) is 0 Å². The van der Waals surface area contributed by atoms with E-state index in [4.69, 9.17) is 11.6 Å². The first-order valence-corrected chi connectivity index (χ1v) is 6.61. The predicted octanol–water partition coefficient (Wildman–Crippen LogP) is 2.65. The van der Waals surface area contributed by atoms with E-state index in [1.165, 1.54) is 12.8 Å². The number of aromatic nitrogens is 2. The number of nitrogens with zero attached hydrogens (tertiary/aromatic N) is 2. The molecule has 0 aliphatic heterocycles. The summed E-state index contributed by atoms with van der Waals surface area (Å²) in [5.41, 5.74) is 1.96. The molecule has 0 amide bonds. The van der Waals surface area contributed by atoms with E-state index in [1.54, 1.807) is 0 Å². The summed E-state index contributed by atoms with van der Waals surface area (Å²) in [5, 5.41) is 9.48. The molecule has 5 heteroatoms. The summed E-state index contributed by atoms with van der Waals surface area (Å²) >= 11 is 9.53. The second kappa shape index (κ2) is 6.51. The molecule has 3 nitrogen and oxygen atoms in total. The van der Waals surface area contributed by atoms with Crippen LogP contribution in [0.3, 0.4) is 0 Å². The standard InChI is InChI=1S/C10H17BrClN3/c1-8-10(12)9(15(2)14-8)7-13-6-4-3-5-11/h13H,3-7H2,1-2H3. The molecule has 0 aliphatic carbocycles. The highest BCUT2D eigenvalue weighted by molar-refractivity contribution is 9.09. The Morgan fingerprint density at radius 3 is 2.73 bits per heavy atom. The van der Waals surface area contributed by atoms with E-state index in [1.807, 2.05) is 18.7 Å². The quantitative estimate of drug-likeness (QED) is 0.646. The fraction of sp³-hybridized carbons (Fsp3) is 0.700. The second-order valence-corrected chi connectivity index (χ2v) is 4.71. The molecule has 0 fully saturated rings. The first kappa shape index (κ1) is 13.0. The minimum atomic E-state index is 0.783. The Bertz CT molecular complexity index is 312. The number of aryl methyl sites for hydroxylation is 2. The molecule has 0 saturated heterocycles. The Morgan fingerprint density at radius 1 is 1.47 bits per heavy atom. The van der Waals surface area contributed by atoms with Gasteiger partial charge in [-0.2, -0.15) is 5.10 Å². The highest BCUT2D eigenvalue weighted by Gasteiger charge is 2.09. The molecule has 1 aromatic rings. The van der Waals surface area contributed by atoms with Gasteiger partial charge in [-0.05, 0) is 26.3 Å². The topological polar surface area (TPSA) is 29.9 Å². The Hall–Kier alpha value is -0.0600. The van der Waals surface area contributed by atoms with Gasteiger partial charge in [-0.15, -0.1) is 0 Å². The van der Waals surface area contributed by atoms with Crippen molar-refractivity contribution in [2.24, 2.45) is 7.05 Å². The van der Waals surface area contributed by atoms with Crippen molar-refractivity contribution in [3.8, 4) is 0 Å². The van der Waals surface area contributed by atoms with Gasteiger partial charge in [0, 0.05) is 18.9 Å². The lowest BCUT2D eigenvalue weighted by Crippen LogP contribution is -2.17. The number of nitrogens with one attached hydrogen (secondary N) is 1. The van der Waals surface area contributed by atoms with E-state index in [2.05, 4.69) is 26.3 Å². The molecular weight excluding hydrogens is 277 g/mol. The monoisotopic (exact) mass is 293 g/mol. The summed E-state index contributed by atoms with van der Waals surface area (Å²) in [6.07, 6.45) is 2.38. The molecule has 1 aromatic heterocycles. The van der Waals surface area contributed by atoms with Gasteiger partial charge in [0.15, 0.2) is 0 Å². The summed E-state index contributed by atoms with van der Waals surface area (Å²) in [7, 11) is 1.92. The second-order valence-electron chi connectivity index (χ2n) is 3.54. The summed E-state index contributed by atoms with van der Waals surface area (Å²) < 4.78 is 1.84. The van der Waals surface area contributed by atoms with Gasteiger partial charge in [-0.1, -0.05) is 27.5 Å². The number of halogens is 2. The van der Waals surface area contributed by atoms with Gasteiger partial charge in [0.2, 0.25) is 0 Å². The molecular formula is C10H17BrClN3. The molecule has 0 spiro atoms. The molecule has 1 heterocycles. The van der Waals surface area contributed by atoms with Crippen LogP contribution in [-0.4, -0.2) is 21.7 Å². The van der Waals surface area contributed by atoms with Crippen molar-refractivity contribution in [2.45, 2.75) is 26.3 Å². The summed E-state index contributed by atoms with van der Waals surface area (Å²) in [6, 6.07) is 0. The van der Waals surface area contributed by atoms with Gasteiger partial charge >= 0.3 is 0 Å². The van der Waals surface area contributed by atoms with Gasteiger partial charge in [0.05, 0.1) is 16.4 Å². The third-order valence-electron chi connectivity index (χ3n) is 2.29. The summed E-state index contributed by atoms with van der Waals surface area (Å²) in [6.45, 7) is 3.74. The van der Waals surface area contributed by atoms with Crippen molar-refractivity contribution in [3.63, 3.8) is 0 Å². The van der Waals surface area contributed by atoms with Crippen molar-refractivity contribution in [2.75, 3.05) is 11.9 Å². The van der Waals surface area contributed by atoms with E-state index in [0.717, 1.165) is 34.8 Å². The van der Waals surface area contributed by atoms with Crippen LogP contribution in [0.15, 0.2) is 0 Å². The zero-order chi connectivity index (χ0) is 11.3. The average Bonchev–Trinajstić information content (AvgIpc) is 2.44. The fourth-order valence-corrected chi connectivity index (χ4v) is 2.05. The zero-order valence-electron chi connectivity index (χ0n) is 9.19. The van der Waals surface area contributed by atoms with Crippen molar-refractivity contribution in [3.05, 3.63) is 16.4 Å². The lowest BCUT2D eigenvalue weighted by atomic mass is 10.3. The smallest absolute Gasteiger partial charge is 0.0860 e. The van der Waals surface area contributed by atoms with E-state index < -0.39 is 0 Å². The van der Waals surface area contributed by atoms with Gasteiger partial charge < -0.3 is 5.32 Å². The molecule has 1 N–H and O–H groups in total. The summed E-state index contributed by atoms with van der Waals surface area (Å²) in [5.74, 6) is 0. The SMILES string of the molecule is Cc1nn(C)c(CNCCCCBr)c1Cl. The molecule has 0 bridgehead atoms. The lowest BCUT2D eigenvalue weighted by Gasteiger charge is -2.05. The average molecular weight is 295 g/mol. The number of unbranched alkanes of at least 4 members (excludes halogenated alkanes) is 1. The molecule has 0 radical (unpaired) electrons. The Labute approximate surface area is 104 Å². The van der Waals surface area contributed by atoms with Gasteiger partial charge in [0.25, 0.3) is 0 Å². The van der Waals surface area contributed by atoms with Crippen LogP contribution in [0.4, 0.5) is 0 Å². The van der Waals surface area contributed by atoms with Crippen LogP contribution in [0, 0.1) is 6.92 Å². The van der Waals surface area contributed by atoms with E-state index in [0.29, 0.717) is 0 Å². The molecule has 0 saturated carbocycles. The van der Waals surface area contributed by atoms with Crippen molar-refractivity contribution in [1.29, 1.82) is 0 Å². The minimum Gasteiger partial charge on any atom is -0.311 e. The van der Waals surface area contributed by atoms with Crippen LogP contribution in [-0.2, 0) is 13.6 Å². The van der Waals surface area contributed by atoms with Crippen molar-refractivity contribution < 1.29 is 0 Å². The Balaban J connectivity index is 2.37. The molecule has 0 aromatic carbocycles. The maximum atomic E-state index is 6.12. The predicted molar refractivity (Wildman–Crippen MR) is 67.7 cm³/mol. The summed E-state index contributed by atoms with van der Waals surface area (Å²) in [4.78, 5) is 0. The molecule has 0 unspecified atom stereocenters. The normalized spacial score (nSPS) is 10.9. The first-order chi connectivity index (χ1) is 7.16. The van der Waals surface area contributed by atoms with Gasteiger partial charge in [0.1, 0.15) is 0 Å². The third-order valence-corrected chi connectivity index (χ3v) is 3.34. The van der Waals surface area contributed by atoms with Crippen LogP contribution in [0.2, 0.25) is 5.02 Å². The number of hydrogen-bond donors (Lipinski definition) is 1. The van der Waals surface area contributed by atoms with Crippen molar-refractivity contribution in [1.82, 2.24) is 15.1 Å². The maximum Gasteiger partial charge on any atom is 0.0860 e. The third kappa shape index (κ3) is 3.78.